The number of ether oxygens (including phenoxy) is 2. The predicted octanol–water partition coefficient (Wildman–Crippen LogP) is 1.30. The molecule has 1 unspecified atom stereocenters. The molecule has 2 rings (SSSR count). The predicted molar refractivity (Wildman–Crippen MR) is 88.5 cm³/mol. The molecule has 1 aromatic heterocycles. The molecule has 0 radical (unpaired) electrons. The molecule has 0 aliphatic heterocycles. The first-order valence-corrected chi connectivity index (χ1v) is 8.94. The van der Waals surface area contributed by atoms with E-state index in [1.165, 1.54) is 25.1 Å². The van der Waals surface area contributed by atoms with Gasteiger partial charge in [-0.2, -0.15) is 15.0 Å². The van der Waals surface area contributed by atoms with Gasteiger partial charge in [0.05, 0.1) is 33.2 Å². The lowest BCUT2D eigenvalue weighted by Gasteiger charge is -2.22. The van der Waals surface area contributed by atoms with Crippen LogP contribution in [0.25, 0.3) is 0 Å². The van der Waals surface area contributed by atoms with Crippen LogP contribution < -0.4 is 14.2 Å². The van der Waals surface area contributed by atoms with Gasteiger partial charge in [-0.1, -0.05) is 13.8 Å². The van der Waals surface area contributed by atoms with E-state index in [1.807, 2.05) is 13.8 Å². The van der Waals surface area contributed by atoms with Gasteiger partial charge in [-0.25, -0.2) is 13.1 Å². The third kappa shape index (κ3) is 4.24. The summed E-state index contributed by atoms with van der Waals surface area (Å²) in [6.45, 7) is 4.19. The lowest BCUT2D eigenvalue weighted by Crippen LogP contribution is -2.42. The fourth-order valence-corrected chi connectivity index (χ4v) is 3.71. The molecule has 132 valence electrons. The second kappa shape index (κ2) is 7.63. The van der Waals surface area contributed by atoms with E-state index in [2.05, 4.69) is 14.9 Å². The van der Waals surface area contributed by atoms with Gasteiger partial charge in [-0.3, -0.25) is 0 Å². The van der Waals surface area contributed by atoms with Crippen molar-refractivity contribution in [2.75, 3.05) is 14.2 Å². The highest BCUT2D eigenvalue weighted by Crippen LogP contribution is 2.28. The van der Waals surface area contributed by atoms with Crippen LogP contribution in [-0.2, 0) is 16.6 Å². The van der Waals surface area contributed by atoms with Crippen LogP contribution in [0.1, 0.15) is 13.8 Å². The Kier molecular flexibility index (Phi) is 5.79. The van der Waals surface area contributed by atoms with E-state index in [9.17, 15) is 8.42 Å². The SMILES string of the molecule is COc1ccc(OC)c(S(=O)(=O)NC(Cn2nccn2)C(C)C)c1. The van der Waals surface area contributed by atoms with Crippen LogP contribution in [0.5, 0.6) is 11.5 Å². The van der Waals surface area contributed by atoms with Crippen LogP contribution in [0.2, 0.25) is 0 Å². The maximum Gasteiger partial charge on any atom is 0.244 e. The van der Waals surface area contributed by atoms with Crippen molar-refractivity contribution in [2.45, 2.75) is 31.3 Å². The number of nitrogens with one attached hydrogen (secondary N) is 1. The van der Waals surface area contributed by atoms with Crippen molar-refractivity contribution >= 4 is 10.0 Å². The zero-order valence-electron chi connectivity index (χ0n) is 14.1. The Labute approximate surface area is 141 Å². The zero-order valence-corrected chi connectivity index (χ0v) is 14.9. The highest BCUT2D eigenvalue weighted by Gasteiger charge is 2.26. The van der Waals surface area contributed by atoms with Crippen molar-refractivity contribution in [1.82, 2.24) is 19.7 Å². The maximum atomic E-state index is 12.8. The van der Waals surface area contributed by atoms with Gasteiger partial charge in [0, 0.05) is 12.1 Å². The molecule has 1 atom stereocenters. The first-order chi connectivity index (χ1) is 11.4. The third-order valence-electron chi connectivity index (χ3n) is 3.60. The highest BCUT2D eigenvalue weighted by molar-refractivity contribution is 7.89. The summed E-state index contributed by atoms with van der Waals surface area (Å²) in [5, 5.41) is 8.06. The Morgan fingerprint density at radius 3 is 2.38 bits per heavy atom. The van der Waals surface area contributed by atoms with Crippen LogP contribution >= 0.6 is 0 Å². The molecule has 24 heavy (non-hydrogen) atoms. The molecule has 0 spiro atoms. The van der Waals surface area contributed by atoms with Crippen LogP contribution in [0.3, 0.4) is 0 Å². The Hall–Kier alpha value is -2.13. The van der Waals surface area contributed by atoms with Gasteiger partial charge in [0.15, 0.2) is 0 Å². The number of hydrogen-bond acceptors (Lipinski definition) is 6. The molecule has 1 N–H and O–H groups in total. The molecule has 0 fully saturated rings. The minimum Gasteiger partial charge on any atom is -0.497 e. The van der Waals surface area contributed by atoms with E-state index in [4.69, 9.17) is 9.47 Å². The highest BCUT2D eigenvalue weighted by atomic mass is 32.2. The summed E-state index contributed by atoms with van der Waals surface area (Å²) >= 11 is 0. The van der Waals surface area contributed by atoms with Crippen LogP contribution in [0.4, 0.5) is 0 Å². The second-order valence-corrected chi connectivity index (χ2v) is 7.25. The monoisotopic (exact) mass is 354 g/mol. The number of benzene rings is 1. The molecule has 0 bridgehead atoms. The lowest BCUT2D eigenvalue weighted by atomic mass is 10.1. The Morgan fingerprint density at radius 2 is 1.83 bits per heavy atom. The molecule has 1 aromatic carbocycles. The van der Waals surface area contributed by atoms with Gasteiger partial charge in [0.1, 0.15) is 16.4 Å². The molecular formula is C15H22N4O4S. The minimum absolute atomic E-state index is 0.0309. The Balaban J connectivity index is 2.31. The van der Waals surface area contributed by atoms with Crippen molar-refractivity contribution in [1.29, 1.82) is 0 Å². The molecule has 9 heteroatoms. The number of methoxy groups -OCH3 is 2. The van der Waals surface area contributed by atoms with Gasteiger partial charge >= 0.3 is 0 Å². The first kappa shape index (κ1) is 18.2. The summed E-state index contributed by atoms with van der Waals surface area (Å²) in [7, 11) is -0.904. The molecule has 0 amide bonds. The normalized spacial score (nSPS) is 13.0. The van der Waals surface area contributed by atoms with Gasteiger partial charge in [0.2, 0.25) is 10.0 Å². The summed E-state index contributed by atoms with van der Waals surface area (Å²) in [4.78, 5) is 1.49. The average Bonchev–Trinajstić information content (AvgIpc) is 3.06. The third-order valence-corrected chi connectivity index (χ3v) is 5.11. The number of aromatic nitrogens is 3. The van der Waals surface area contributed by atoms with Crippen molar-refractivity contribution in [2.24, 2.45) is 5.92 Å². The van der Waals surface area contributed by atoms with Gasteiger partial charge in [-0.15, -0.1) is 0 Å². The van der Waals surface area contributed by atoms with E-state index < -0.39 is 10.0 Å². The standard InChI is InChI=1S/C15H22N4O4S/c1-11(2)13(10-19-16-7-8-17-19)18-24(20,21)15-9-12(22-3)5-6-14(15)23-4/h5-9,11,13,18H,10H2,1-4H3. The molecule has 2 aromatic rings. The van der Waals surface area contributed by atoms with Crippen LogP contribution in [0.15, 0.2) is 35.5 Å². The zero-order chi connectivity index (χ0) is 17.7. The molecule has 0 saturated heterocycles. The van der Waals surface area contributed by atoms with Gasteiger partial charge in [-0.05, 0) is 18.1 Å². The maximum absolute atomic E-state index is 12.8. The fraction of sp³-hybridized carbons (Fsp3) is 0.467. The van der Waals surface area contributed by atoms with Crippen molar-refractivity contribution < 1.29 is 17.9 Å². The molecule has 0 aliphatic rings. The van der Waals surface area contributed by atoms with E-state index in [-0.39, 0.29) is 22.6 Å². The van der Waals surface area contributed by atoms with Crippen molar-refractivity contribution in [3.63, 3.8) is 0 Å². The largest absolute Gasteiger partial charge is 0.497 e. The Bertz CT molecular complexity index is 760. The van der Waals surface area contributed by atoms with E-state index >= 15 is 0 Å². The van der Waals surface area contributed by atoms with E-state index in [1.54, 1.807) is 24.5 Å². The second-order valence-electron chi connectivity index (χ2n) is 5.57. The van der Waals surface area contributed by atoms with Crippen molar-refractivity contribution in [3.8, 4) is 11.5 Å². The van der Waals surface area contributed by atoms with E-state index in [0.29, 0.717) is 12.3 Å². The van der Waals surface area contributed by atoms with Gasteiger partial charge < -0.3 is 9.47 Å². The summed E-state index contributed by atoms with van der Waals surface area (Å²) in [6.07, 6.45) is 3.11. The summed E-state index contributed by atoms with van der Waals surface area (Å²) in [5.74, 6) is 0.733. The quantitative estimate of drug-likeness (QED) is 0.768. The number of sulfonamides is 1. The van der Waals surface area contributed by atoms with E-state index in [0.717, 1.165) is 0 Å². The average molecular weight is 354 g/mol. The van der Waals surface area contributed by atoms with Gasteiger partial charge in [0.25, 0.3) is 0 Å². The summed E-state index contributed by atoms with van der Waals surface area (Å²) in [6, 6.07) is 4.27. The van der Waals surface area contributed by atoms with Crippen LogP contribution in [0, 0.1) is 5.92 Å². The minimum atomic E-state index is -3.81. The fourth-order valence-electron chi connectivity index (χ4n) is 2.15. The molecular weight excluding hydrogens is 332 g/mol. The number of nitrogens with zero attached hydrogens (tertiary/aromatic N) is 3. The summed E-state index contributed by atoms with van der Waals surface area (Å²) in [5.41, 5.74) is 0. The topological polar surface area (TPSA) is 95.3 Å². The number of rotatable bonds is 8. The number of hydrogen-bond donors (Lipinski definition) is 1. The van der Waals surface area contributed by atoms with Crippen molar-refractivity contribution in [3.05, 3.63) is 30.6 Å². The molecule has 0 saturated carbocycles. The smallest absolute Gasteiger partial charge is 0.244 e. The summed E-state index contributed by atoms with van der Waals surface area (Å²) < 4.78 is 38.7. The first-order valence-electron chi connectivity index (χ1n) is 7.46. The molecule has 1 heterocycles. The lowest BCUT2D eigenvalue weighted by molar-refractivity contribution is 0.359. The molecule has 0 aliphatic carbocycles. The van der Waals surface area contributed by atoms with Crippen LogP contribution in [-0.4, -0.2) is 43.7 Å². The molecule has 8 nitrogen and oxygen atoms in total. The Morgan fingerprint density at radius 1 is 1.17 bits per heavy atom.